The second-order valence-electron chi connectivity index (χ2n) is 6.42. The smallest absolute Gasteiger partial charge is 0.266 e. The molecule has 4 rings (SSSR count). The fourth-order valence-corrected chi connectivity index (χ4v) is 4.48. The molecule has 0 radical (unpaired) electrons. The van der Waals surface area contributed by atoms with Crippen molar-refractivity contribution in [1.29, 1.82) is 0 Å². The van der Waals surface area contributed by atoms with Crippen LogP contribution < -0.4 is 0 Å². The lowest BCUT2D eigenvalue weighted by atomic mass is 10.0. The van der Waals surface area contributed by atoms with Crippen LogP contribution >= 0.6 is 24.0 Å². The second-order valence-corrected chi connectivity index (χ2v) is 8.09. The van der Waals surface area contributed by atoms with Crippen LogP contribution in [0.2, 0.25) is 0 Å². The molecule has 1 atom stereocenters. The summed E-state index contributed by atoms with van der Waals surface area (Å²) in [6, 6.07) is 18.5. The van der Waals surface area contributed by atoms with Gasteiger partial charge in [-0.2, -0.15) is 0 Å². The summed E-state index contributed by atoms with van der Waals surface area (Å²) in [7, 11) is 0. The van der Waals surface area contributed by atoms with Crippen LogP contribution in [-0.4, -0.2) is 34.4 Å². The van der Waals surface area contributed by atoms with Crippen molar-refractivity contribution in [1.82, 2.24) is 4.90 Å². The highest BCUT2D eigenvalue weighted by atomic mass is 32.2. The lowest BCUT2D eigenvalue weighted by Crippen LogP contribution is -2.35. The molecule has 0 aromatic heterocycles. The predicted molar refractivity (Wildman–Crippen MR) is 111 cm³/mol. The highest BCUT2D eigenvalue weighted by molar-refractivity contribution is 8.26. The number of amides is 1. The second kappa shape index (κ2) is 7.74. The first-order chi connectivity index (χ1) is 12.7. The van der Waals surface area contributed by atoms with Crippen LogP contribution in [0.15, 0.2) is 59.5 Å². The van der Waals surface area contributed by atoms with E-state index in [0.29, 0.717) is 15.8 Å². The Hall–Kier alpha value is -1.95. The number of thioether (sulfide) groups is 1. The van der Waals surface area contributed by atoms with Gasteiger partial charge in [-0.3, -0.25) is 9.69 Å². The molecule has 0 N–H and O–H groups in total. The Kier molecular flexibility index (Phi) is 5.20. The maximum absolute atomic E-state index is 12.7. The summed E-state index contributed by atoms with van der Waals surface area (Å²) < 4.78 is 6.26. The summed E-state index contributed by atoms with van der Waals surface area (Å²) in [5.74, 6) is -0.0114. The van der Waals surface area contributed by atoms with Gasteiger partial charge in [0.25, 0.3) is 5.91 Å². The molecule has 0 aliphatic carbocycles. The van der Waals surface area contributed by atoms with E-state index in [0.717, 1.165) is 30.6 Å². The standard InChI is InChI=1S/C21H19NO2S2/c23-20-19(26-21(25)22(20)14-18-7-4-12-24-18)13-15-8-10-17(11-9-15)16-5-2-1-3-6-16/h1-3,5-6,8-11,13,18H,4,7,12,14H2/b19-13-/t18-/m0/s1. The zero-order valence-electron chi connectivity index (χ0n) is 14.3. The summed E-state index contributed by atoms with van der Waals surface area (Å²) in [6.45, 7) is 1.35. The Bertz CT molecular complexity index is 840. The number of nitrogens with zero attached hydrogens (tertiary/aromatic N) is 1. The number of carbonyl (C=O) groups excluding carboxylic acids is 1. The Morgan fingerprint density at radius 3 is 2.54 bits per heavy atom. The van der Waals surface area contributed by atoms with E-state index in [1.165, 1.54) is 17.3 Å². The van der Waals surface area contributed by atoms with Crippen LogP contribution in [-0.2, 0) is 9.53 Å². The van der Waals surface area contributed by atoms with E-state index >= 15 is 0 Å². The molecule has 2 aliphatic rings. The van der Waals surface area contributed by atoms with E-state index in [4.69, 9.17) is 17.0 Å². The average molecular weight is 382 g/mol. The number of benzene rings is 2. The maximum Gasteiger partial charge on any atom is 0.266 e. The summed E-state index contributed by atoms with van der Waals surface area (Å²) >= 11 is 6.78. The summed E-state index contributed by atoms with van der Waals surface area (Å²) in [6.07, 6.45) is 4.09. The van der Waals surface area contributed by atoms with Crippen molar-refractivity contribution in [2.24, 2.45) is 0 Å². The van der Waals surface area contributed by atoms with Crippen LogP contribution in [0.3, 0.4) is 0 Å². The van der Waals surface area contributed by atoms with Gasteiger partial charge in [0.15, 0.2) is 0 Å². The SMILES string of the molecule is O=C1/C(=C/c2ccc(-c3ccccc3)cc2)SC(=S)N1C[C@@H]1CCCO1. The van der Waals surface area contributed by atoms with Gasteiger partial charge in [-0.15, -0.1) is 0 Å². The van der Waals surface area contributed by atoms with E-state index in [9.17, 15) is 4.79 Å². The third kappa shape index (κ3) is 3.75. The van der Waals surface area contributed by atoms with Crippen molar-refractivity contribution >= 4 is 40.3 Å². The number of rotatable bonds is 4. The zero-order chi connectivity index (χ0) is 17.9. The number of ether oxygens (including phenoxy) is 1. The van der Waals surface area contributed by atoms with Gasteiger partial charge in [-0.1, -0.05) is 78.6 Å². The zero-order valence-corrected chi connectivity index (χ0v) is 15.9. The molecule has 3 nitrogen and oxygen atoms in total. The molecule has 2 aromatic rings. The van der Waals surface area contributed by atoms with Crippen molar-refractivity contribution in [3.05, 3.63) is 65.1 Å². The Labute approximate surface area is 163 Å². The van der Waals surface area contributed by atoms with Crippen LogP contribution in [0, 0.1) is 0 Å². The van der Waals surface area contributed by atoms with Crippen LogP contribution in [0.4, 0.5) is 0 Å². The highest BCUT2D eigenvalue weighted by Gasteiger charge is 2.34. The third-order valence-electron chi connectivity index (χ3n) is 4.60. The fourth-order valence-electron chi connectivity index (χ4n) is 3.20. The number of thiocarbonyl (C=S) groups is 1. The van der Waals surface area contributed by atoms with Crippen molar-refractivity contribution in [2.75, 3.05) is 13.2 Å². The Morgan fingerprint density at radius 2 is 1.85 bits per heavy atom. The maximum atomic E-state index is 12.7. The summed E-state index contributed by atoms with van der Waals surface area (Å²) in [5.41, 5.74) is 3.35. The highest BCUT2D eigenvalue weighted by Crippen LogP contribution is 2.33. The van der Waals surface area contributed by atoms with Gasteiger partial charge in [0, 0.05) is 6.61 Å². The van der Waals surface area contributed by atoms with Gasteiger partial charge in [-0.05, 0) is 35.6 Å². The summed E-state index contributed by atoms with van der Waals surface area (Å²) in [5, 5.41) is 0. The molecule has 2 aliphatic heterocycles. The molecule has 2 fully saturated rings. The molecule has 0 bridgehead atoms. The van der Waals surface area contributed by atoms with Crippen LogP contribution in [0.5, 0.6) is 0 Å². The number of carbonyl (C=O) groups is 1. The molecule has 0 spiro atoms. The van der Waals surface area contributed by atoms with Gasteiger partial charge in [0.2, 0.25) is 0 Å². The molecule has 2 heterocycles. The molecule has 1 amide bonds. The first-order valence-corrected chi connectivity index (χ1v) is 9.95. The Balaban J connectivity index is 1.49. The van der Waals surface area contributed by atoms with Crippen molar-refractivity contribution < 1.29 is 9.53 Å². The van der Waals surface area contributed by atoms with E-state index in [-0.39, 0.29) is 12.0 Å². The number of hydrogen-bond acceptors (Lipinski definition) is 4. The molecule has 132 valence electrons. The third-order valence-corrected chi connectivity index (χ3v) is 5.98. The Morgan fingerprint density at radius 1 is 1.12 bits per heavy atom. The van der Waals surface area contributed by atoms with Gasteiger partial charge in [0.05, 0.1) is 17.6 Å². The van der Waals surface area contributed by atoms with Crippen LogP contribution in [0.1, 0.15) is 18.4 Å². The topological polar surface area (TPSA) is 29.5 Å². The number of hydrogen-bond donors (Lipinski definition) is 0. The quantitative estimate of drug-likeness (QED) is 0.565. The van der Waals surface area contributed by atoms with Gasteiger partial charge < -0.3 is 4.74 Å². The minimum atomic E-state index is -0.0114. The molecule has 2 aromatic carbocycles. The lowest BCUT2D eigenvalue weighted by Gasteiger charge is -2.18. The van der Waals surface area contributed by atoms with Gasteiger partial charge in [0.1, 0.15) is 4.32 Å². The van der Waals surface area contributed by atoms with Gasteiger partial charge in [-0.25, -0.2) is 0 Å². The first-order valence-electron chi connectivity index (χ1n) is 8.73. The minimum Gasteiger partial charge on any atom is -0.376 e. The van der Waals surface area contributed by atoms with Crippen LogP contribution in [0.25, 0.3) is 17.2 Å². The van der Waals surface area contributed by atoms with Crippen molar-refractivity contribution in [2.45, 2.75) is 18.9 Å². The van der Waals surface area contributed by atoms with E-state index < -0.39 is 0 Å². The lowest BCUT2D eigenvalue weighted by molar-refractivity contribution is -0.123. The normalized spacial score (nSPS) is 21.8. The summed E-state index contributed by atoms with van der Waals surface area (Å²) in [4.78, 5) is 15.1. The minimum absolute atomic E-state index is 0.0114. The molecule has 26 heavy (non-hydrogen) atoms. The predicted octanol–water partition coefficient (Wildman–Crippen LogP) is 4.73. The monoisotopic (exact) mass is 381 g/mol. The molecule has 0 unspecified atom stereocenters. The van der Waals surface area contributed by atoms with Crippen molar-refractivity contribution in [3.63, 3.8) is 0 Å². The van der Waals surface area contributed by atoms with Gasteiger partial charge >= 0.3 is 0 Å². The molecule has 2 saturated heterocycles. The first kappa shape index (κ1) is 17.5. The van der Waals surface area contributed by atoms with E-state index in [1.54, 1.807) is 4.90 Å². The van der Waals surface area contributed by atoms with Crippen molar-refractivity contribution in [3.8, 4) is 11.1 Å². The molecule has 0 saturated carbocycles. The average Bonchev–Trinajstić information content (AvgIpc) is 3.27. The fraction of sp³-hybridized carbons (Fsp3) is 0.238. The molecular weight excluding hydrogens is 362 g/mol. The van der Waals surface area contributed by atoms with E-state index in [1.807, 2.05) is 36.4 Å². The molecular formula is C21H19NO2S2. The molecule has 5 heteroatoms. The largest absolute Gasteiger partial charge is 0.376 e. The van der Waals surface area contributed by atoms with E-state index in [2.05, 4.69) is 24.3 Å².